The maximum absolute atomic E-state index is 9.87. The summed E-state index contributed by atoms with van der Waals surface area (Å²) in [5.41, 5.74) is 1.22. The normalized spacial score (nSPS) is 16.0. The van der Waals surface area contributed by atoms with Gasteiger partial charge in [0.05, 0.1) is 6.10 Å². The molecule has 0 aromatic carbocycles. The molecule has 1 aromatic heterocycles. The van der Waals surface area contributed by atoms with E-state index >= 15 is 0 Å². The average molecular weight is 184 g/mol. The van der Waals surface area contributed by atoms with Gasteiger partial charge in [-0.15, -0.1) is 11.3 Å². The van der Waals surface area contributed by atoms with Crippen molar-refractivity contribution in [3.05, 3.63) is 21.9 Å². The molecule has 12 heavy (non-hydrogen) atoms. The molecule has 2 unspecified atom stereocenters. The minimum absolute atomic E-state index is 0.269. The standard InChI is InChI=1S/C10H16OS/c1-4-7(2)9(11)10-8(3)5-6-12-10/h5-7,9,11H,4H2,1-3H3. The number of aliphatic hydroxyl groups excluding tert-OH is 1. The van der Waals surface area contributed by atoms with Crippen molar-refractivity contribution in [3.8, 4) is 0 Å². The number of rotatable bonds is 3. The van der Waals surface area contributed by atoms with Crippen LogP contribution in [0.1, 0.15) is 36.8 Å². The number of hydrogen-bond acceptors (Lipinski definition) is 2. The van der Waals surface area contributed by atoms with E-state index in [1.54, 1.807) is 11.3 Å². The first kappa shape index (κ1) is 9.75. The fourth-order valence-electron chi connectivity index (χ4n) is 1.17. The molecule has 0 aliphatic rings. The third kappa shape index (κ3) is 1.87. The van der Waals surface area contributed by atoms with E-state index in [0.717, 1.165) is 11.3 Å². The van der Waals surface area contributed by atoms with Crippen LogP contribution in [0.5, 0.6) is 0 Å². The third-order valence-electron chi connectivity index (χ3n) is 2.35. The highest BCUT2D eigenvalue weighted by atomic mass is 32.1. The zero-order chi connectivity index (χ0) is 9.14. The van der Waals surface area contributed by atoms with Gasteiger partial charge in [0.1, 0.15) is 0 Å². The van der Waals surface area contributed by atoms with Crippen molar-refractivity contribution in [2.75, 3.05) is 0 Å². The highest BCUT2D eigenvalue weighted by molar-refractivity contribution is 7.10. The lowest BCUT2D eigenvalue weighted by atomic mass is 9.99. The molecule has 68 valence electrons. The van der Waals surface area contributed by atoms with Gasteiger partial charge >= 0.3 is 0 Å². The summed E-state index contributed by atoms with van der Waals surface area (Å²) >= 11 is 1.65. The molecule has 2 heteroatoms. The molecule has 0 spiro atoms. The zero-order valence-corrected chi connectivity index (χ0v) is 8.69. The molecule has 0 amide bonds. The Balaban J connectivity index is 2.77. The van der Waals surface area contributed by atoms with E-state index in [1.165, 1.54) is 5.56 Å². The van der Waals surface area contributed by atoms with E-state index in [9.17, 15) is 5.11 Å². The lowest BCUT2D eigenvalue weighted by Gasteiger charge is -2.16. The Morgan fingerprint density at radius 3 is 2.67 bits per heavy atom. The molecule has 2 atom stereocenters. The zero-order valence-electron chi connectivity index (χ0n) is 7.87. The van der Waals surface area contributed by atoms with E-state index < -0.39 is 0 Å². The second-order valence-corrected chi connectivity index (χ2v) is 4.25. The van der Waals surface area contributed by atoms with E-state index in [0.29, 0.717) is 5.92 Å². The minimum Gasteiger partial charge on any atom is -0.387 e. The van der Waals surface area contributed by atoms with Gasteiger partial charge in [0.25, 0.3) is 0 Å². The summed E-state index contributed by atoms with van der Waals surface area (Å²) in [7, 11) is 0. The van der Waals surface area contributed by atoms with Crippen LogP contribution in [0.15, 0.2) is 11.4 Å². The quantitative estimate of drug-likeness (QED) is 0.765. The highest BCUT2D eigenvalue weighted by Gasteiger charge is 2.17. The molecule has 0 aliphatic heterocycles. The molecule has 0 saturated carbocycles. The summed E-state index contributed by atoms with van der Waals surface area (Å²) in [6.45, 7) is 6.25. The van der Waals surface area contributed by atoms with E-state index in [1.807, 2.05) is 5.38 Å². The number of aryl methyl sites for hydroxylation is 1. The fraction of sp³-hybridized carbons (Fsp3) is 0.600. The predicted octanol–water partition coefficient (Wildman–Crippen LogP) is 3.14. The monoisotopic (exact) mass is 184 g/mol. The van der Waals surface area contributed by atoms with Crippen LogP contribution < -0.4 is 0 Å². The predicted molar refractivity (Wildman–Crippen MR) is 53.5 cm³/mol. The average Bonchev–Trinajstić information content (AvgIpc) is 2.48. The molecule has 1 heterocycles. The minimum atomic E-state index is -0.269. The summed E-state index contributed by atoms with van der Waals surface area (Å²) in [6.07, 6.45) is 0.758. The first-order valence-corrected chi connectivity index (χ1v) is 5.26. The van der Waals surface area contributed by atoms with Crippen LogP contribution in [0.4, 0.5) is 0 Å². The Kier molecular flexibility index (Phi) is 3.29. The molecule has 0 saturated heterocycles. The van der Waals surface area contributed by atoms with Gasteiger partial charge in [-0.25, -0.2) is 0 Å². The van der Waals surface area contributed by atoms with Crippen molar-refractivity contribution >= 4 is 11.3 Å². The van der Waals surface area contributed by atoms with Gasteiger partial charge < -0.3 is 5.11 Å². The maximum Gasteiger partial charge on any atom is 0.0909 e. The van der Waals surface area contributed by atoms with Crippen molar-refractivity contribution in [2.45, 2.75) is 33.3 Å². The van der Waals surface area contributed by atoms with Gasteiger partial charge in [-0.2, -0.15) is 0 Å². The molecule has 1 nitrogen and oxygen atoms in total. The molecule has 1 N–H and O–H groups in total. The van der Waals surface area contributed by atoms with Gasteiger partial charge in [0.2, 0.25) is 0 Å². The molecule has 0 aliphatic carbocycles. The lowest BCUT2D eigenvalue weighted by molar-refractivity contribution is 0.118. The first-order chi connectivity index (χ1) is 5.66. The summed E-state index contributed by atoms with van der Waals surface area (Å²) in [5, 5.41) is 11.9. The topological polar surface area (TPSA) is 20.2 Å². The van der Waals surface area contributed by atoms with Crippen molar-refractivity contribution in [1.29, 1.82) is 0 Å². The van der Waals surface area contributed by atoms with Crippen LogP contribution >= 0.6 is 11.3 Å². The van der Waals surface area contributed by atoms with Crippen molar-refractivity contribution < 1.29 is 5.11 Å². The van der Waals surface area contributed by atoms with Gasteiger partial charge in [-0.3, -0.25) is 0 Å². The third-order valence-corrected chi connectivity index (χ3v) is 3.44. The van der Waals surface area contributed by atoms with Crippen LogP contribution in [0.3, 0.4) is 0 Å². The molecule has 0 fully saturated rings. The van der Waals surface area contributed by atoms with Gasteiger partial charge in [0.15, 0.2) is 0 Å². The molecule has 1 aromatic rings. The molecular formula is C10H16OS. The van der Waals surface area contributed by atoms with Crippen molar-refractivity contribution in [3.63, 3.8) is 0 Å². The molecular weight excluding hydrogens is 168 g/mol. The number of aliphatic hydroxyl groups is 1. The Labute approximate surface area is 78.1 Å². The Morgan fingerprint density at radius 2 is 2.25 bits per heavy atom. The van der Waals surface area contributed by atoms with Crippen molar-refractivity contribution in [1.82, 2.24) is 0 Å². The van der Waals surface area contributed by atoms with E-state index in [4.69, 9.17) is 0 Å². The van der Waals surface area contributed by atoms with Crippen LogP contribution in [0, 0.1) is 12.8 Å². The van der Waals surface area contributed by atoms with Crippen LogP contribution in [0.2, 0.25) is 0 Å². The first-order valence-electron chi connectivity index (χ1n) is 4.38. The van der Waals surface area contributed by atoms with Crippen LogP contribution in [-0.2, 0) is 0 Å². The molecule has 0 radical (unpaired) electrons. The number of hydrogen-bond donors (Lipinski definition) is 1. The van der Waals surface area contributed by atoms with E-state index in [-0.39, 0.29) is 6.10 Å². The SMILES string of the molecule is CCC(C)C(O)c1sccc1C. The summed E-state index contributed by atoms with van der Waals surface area (Å²) < 4.78 is 0. The Bertz CT molecular complexity index is 242. The van der Waals surface area contributed by atoms with Crippen LogP contribution in [-0.4, -0.2) is 5.11 Å². The summed E-state index contributed by atoms with van der Waals surface area (Å²) in [4.78, 5) is 1.13. The van der Waals surface area contributed by atoms with Gasteiger partial charge in [0, 0.05) is 4.88 Å². The smallest absolute Gasteiger partial charge is 0.0909 e. The molecule has 1 rings (SSSR count). The Morgan fingerprint density at radius 1 is 1.58 bits per heavy atom. The van der Waals surface area contributed by atoms with Crippen molar-refractivity contribution in [2.24, 2.45) is 5.92 Å². The summed E-state index contributed by atoms with van der Waals surface area (Å²) in [6, 6.07) is 2.06. The van der Waals surface area contributed by atoms with Gasteiger partial charge in [-0.05, 0) is 29.9 Å². The Hall–Kier alpha value is -0.340. The largest absolute Gasteiger partial charge is 0.387 e. The van der Waals surface area contributed by atoms with Crippen LogP contribution in [0.25, 0.3) is 0 Å². The number of thiophene rings is 1. The van der Waals surface area contributed by atoms with E-state index in [2.05, 4.69) is 26.8 Å². The maximum atomic E-state index is 9.87. The fourth-order valence-corrected chi connectivity index (χ4v) is 2.21. The highest BCUT2D eigenvalue weighted by Crippen LogP contribution is 2.30. The molecule has 0 bridgehead atoms. The second kappa shape index (κ2) is 4.06. The van der Waals surface area contributed by atoms with Gasteiger partial charge in [-0.1, -0.05) is 20.3 Å². The second-order valence-electron chi connectivity index (χ2n) is 3.30. The summed E-state index contributed by atoms with van der Waals surface area (Å²) in [5.74, 6) is 0.363. The lowest BCUT2D eigenvalue weighted by Crippen LogP contribution is -2.07.